The third-order valence-electron chi connectivity index (χ3n) is 4.90. The zero-order valence-electron chi connectivity index (χ0n) is 16.2. The standard InChI is InChI=1S/C20H22N4O5S/c25-19-12-14-11-17(5-6-18(14)22-19)30(27,28)23-16-3-1-15(2-4-16)21-20(26)13-24-7-9-29-10-8-24/h1-6,11,23H,7-10,12-13H2,(H,21,26)(H,22,25). The highest BCUT2D eigenvalue weighted by Gasteiger charge is 2.22. The molecule has 10 heteroatoms. The second kappa shape index (κ2) is 8.42. The second-order valence-corrected chi connectivity index (χ2v) is 8.85. The Hall–Kier alpha value is -2.95. The van der Waals surface area contributed by atoms with E-state index in [9.17, 15) is 18.0 Å². The van der Waals surface area contributed by atoms with Gasteiger partial charge in [-0.15, -0.1) is 0 Å². The summed E-state index contributed by atoms with van der Waals surface area (Å²) in [5.41, 5.74) is 2.24. The summed E-state index contributed by atoms with van der Waals surface area (Å²) in [7, 11) is -3.80. The fourth-order valence-corrected chi connectivity index (χ4v) is 4.48. The van der Waals surface area contributed by atoms with E-state index in [1.165, 1.54) is 12.1 Å². The number of sulfonamides is 1. The van der Waals surface area contributed by atoms with Crippen LogP contribution in [0.2, 0.25) is 0 Å². The van der Waals surface area contributed by atoms with Crippen molar-refractivity contribution in [1.82, 2.24) is 4.90 Å². The molecule has 0 unspecified atom stereocenters. The van der Waals surface area contributed by atoms with E-state index in [4.69, 9.17) is 4.74 Å². The smallest absolute Gasteiger partial charge is 0.261 e. The van der Waals surface area contributed by atoms with Gasteiger partial charge in [-0.2, -0.15) is 0 Å². The summed E-state index contributed by atoms with van der Waals surface area (Å²) in [6.07, 6.45) is 0.164. The van der Waals surface area contributed by atoms with E-state index < -0.39 is 10.0 Å². The number of carbonyl (C=O) groups is 2. The first-order chi connectivity index (χ1) is 14.4. The number of carbonyl (C=O) groups excluding carboxylic acids is 2. The third kappa shape index (κ3) is 4.78. The van der Waals surface area contributed by atoms with Crippen LogP contribution in [0.15, 0.2) is 47.4 Å². The van der Waals surface area contributed by atoms with Gasteiger partial charge in [0.1, 0.15) is 0 Å². The highest BCUT2D eigenvalue weighted by Crippen LogP contribution is 2.27. The van der Waals surface area contributed by atoms with Gasteiger partial charge < -0.3 is 15.4 Å². The topological polar surface area (TPSA) is 117 Å². The predicted molar refractivity (Wildman–Crippen MR) is 112 cm³/mol. The van der Waals surface area contributed by atoms with Crippen LogP contribution in [0.3, 0.4) is 0 Å². The number of nitrogens with zero attached hydrogens (tertiary/aromatic N) is 1. The first kappa shape index (κ1) is 20.3. The first-order valence-corrected chi connectivity index (χ1v) is 11.0. The number of anilines is 3. The van der Waals surface area contributed by atoms with Gasteiger partial charge in [-0.3, -0.25) is 19.2 Å². The van der Waals surface area contributed by atoms with Crippen LogP contribution in [0.1, 0.15) is 5.56 Å². The minimum Gasteiger partial charge on any atom is -0.379 e. The van der Waals surface area contributed by atoms with E-state index in [0.29, 0.717) is 35.8 Å². The monoisotopic (exact) mass is 430 g/mol. The molecule has 0 aliphatic carbocycles. The molecular formula is C20H22N4O5S. The maximum Gasteiger partial charge on any atom is 0.261 e. The molecule has 2 amide bonds. The molecule has 158 valence electrons. The zero-order chi connectivity index (χ0) is 21.1. The summed E-state index contributed by atoms with van der Waals surface area (Å²) in [6.45, 7) is 2.98. The summed E-state index contributed by atoms with van der Waals surface area (Å²) in [6, 6.07) is 11.0. The highest BCUT2D eigenvalue weighted by atomic mass is 32.2. The van der Waals surface area contributed by atoms with E-state index in [-0.39, 0.29) is 29.7 Å². The van der Waals surface area contributed by atoms with Crippen molar-refractivity contribution in [2.45, 2.75) is 11.3 Å². The number of nitrogens with one attached hydrogen (secondary N) is 3. The van der Waals surface area contributed by atoms with Crippen LogP contribution in [-0.2, 0) is 30.8 Å². The fraction of sp³-hybridized carbons (Fsp3) is 0.300. The van der Waals surface area contributed by atoms with Gasteiger partial charge in [-0.25, -0.2) is 8.42 Å². The van der Waals surface area contributed by atoms with Crippen LogP contribution in [0.25, 0.3) is 0 Å². The molecule has 0 spiro atoms. The SMILES string of the molecule is O=C(CN1CCOCC1)Nc1ccc(NS(=O)(=O)c2ccc3c(c2)CC(=O)N3)cc1. The maximum absolute atomic E-state index is 12.7. The molecule has 9 nitrogen and oxygen atoms in total. The lowest BCUT2D eigenvalue weighted by Crippen LogP contribution is -2.41. The van der Waals surface area contributed by atoms with E-state index in [1.54, 1.807) is 30.3 Å². The van der Waals surface area contributed by atoms with Gasteiger partial charge in [0.05, 0.1) is 31.1 Å². The van der Waals surface area contributed by atoms with Crippen LogP contribution >= 0.6 is 0 Å². The number of fused-ring (bicyclic) bond motifs is 1. The maximum atomic E-state index is 12.7. The summed E-state index contributed by atoms with van der Waals surface area (Å²) < 4.78 is 33.1. The molecule has 2 aliphatic rings. The van der Waals surface area contributed by atoms with Crippen molar-refractivity contribution in [3.05, 3.63) is 48.0 Å². The molecule has 0 saturated carbocycles. The van der Waals surface area contributed by atoms with Crippen molar-refractivity contribution >= 4 is 38.9 Å². The molecule has 0 atom stereocenters. The first-order valence-electron chi connectivity index (χ1n) is 9.55. The van der Waals surface area contributed by atoms with Crippen molar-refractivity contribution in [2.24, 2.45) is 0 Å². The number of hydrogen-bond donors (Lipinski definition) is 3. The number of rotatable bonds is 6. The van der Waals surface area contributed by atoms with Crippen molar-refractivity contribution in [1.29, 1.82) is 0 Å². The van der Waals surface area contributed by atoms with Crippen LogP contribution < -0.4 is 15.4 Å². The normalized spacial score (nSPS) is 16.6. The van der Waals surface area contributed by atoms with E-state index in [0.717, 1.165) is 13.1 Å². The molecule has 0 bridgehead atoms. The van der Waals surface area contributed by atoms with Crippen LogP contribution in [0.4, 0.5) is 17.1 Å². The van der Waals surface area contributed by atoms with Crippen LogP contribution in [0, 0.1) is 0 Å². The van der Waals surface area contributed by atoms with Gasteiger partial charge in [0.25, 0.3) is 10.0 Å². The minimum absolute atomic E-state index is 0.0839. The van der Waals surface area contributed by atoms with E-state index in [2.05, 4.69) is 15.4 Å². The van der Waals surface area contributed by atoms with Gasteiger partial charge in [0.15, 0.2) is 0 Å². The summed E-state index contributed by atoms with van der Waals surface area (Å²) in [4.78, 5) is 25.7. The molecule has 0 aromatic heterocycles. The Labute approximate surface area is 174 Å². The summed E-state index contributed by atoms with van der Waals surface area (Å²) in [5.74, 6) is -0.287. The fourth-order valence-electron chi connectivity index (χ4n) is 3.37. The minimum atomic E-state index is -3.80. The van der Waals surface area contributed by atoms with Gasteiger partial charge in [0, 0.05) is 30.2 Å². The second-order valence-electron chi connectivity index (χ2n) is 7.16. The Kier molecular flexibility index (Phi) is 5.71. The molecule has 2 aliphatic heterocycles. The van der Waals surface area contributed by atoms with Crippen molar-refractivity contribution in [3.8, 4) is 0 Å². The molecule has 2 heterocycles. The van der Waals surface area contributed by atoms with Crippen molar-refractivity contribution in [3.63, 3.8) is 0 Å². The van der Waals surface area contributed by atoms with Gasteiger partial charge in [-0.05, 0) is 48.0 Å². The number of benzene rings is 2. The Morgan fingerprint density at radius 3 is 2.50 bits per heavy atom. The Morgan fingerprint density at radius 2 is 1.77 bits per heavy atom. The number of morpholine rings is 1. The molecule has 2 aromatic rings. The van der Waals surface area contributed by atoms with Gasteiger partial charge >= 0.3 is 0 Å². The average molecular weight is 430 g/mol. The summed E-state index contributed by atoms with van der Waals surface area (Å²) in [5, 5.41) is 5.48. The molecule has 30 heavy (non-hydrogen) atoms. The quantitative estimate of drug-likeness (QED) is 0.635. The summed E-state index contributed by atoms with van der Waals surface area (Å²) >= 11 is 0. The lowest BCUT2D eigenvalue weighted by molar-refractivity contribution is -0.118. The molecule has 3 N–H and O–H groups in total. The van der Waals surface area contributed by atoms with E-state index in [1.807, 2.05) is 4.90 Å². The predicted octanol–water partition coefficient (Wildman–Crippen LogP) is 1.25. The number of hydrogen-bond acceptors (Lipinski definition) is 6. The van der Waals surface area contributed by atoms with Crippen LogP contribution in [0.5, 0.6) is 0 Å². The molecular weight excluding hydrogens is 408 g/mol. The van der Waals surface area contributed by atoms with E-state index >= 15 is 0 Å². The molecule has 1 fully saturated rings. The lowest BCUT2D eigenvalue weighted by atomic mass is 10.2. The Bertz CT molecular complexity index is 1060. The van der Waals surface area contributed by atoms with Crippen molar-refractivity contribution < 1.29 is 22.7 Å². The molecule has 0 radical (unpaired) electrons. The zero-order valence-corrected chi connectivity index (χ0v) is 17.0. The van der Waals surface area contributed by atoms with Gasteiger partial charge in [0.2, 0.25) is 11.8 Å². The average Bonchev–Trinajstić information content (AvgIpc) is 3.09. The molecule has 1 saturated heterocycles. The molecule has 4 rings (SSSR count). The number of amides is 2. The lowest BCUT2D eigenvalue weighted by Gasteiger charge is -2.25. The highest BCUT2D eigenvalue weighted by molar-refractivity contribution is 7.92. The Morgan fingerprint density at radius 1 is 1.07 bits per heavy atom. The van der Waals surface area contributed by atoms with Crippen molar-refractivity contribution in [2.75, 3.05) is 48.2 Å². The Balaban J connectivity index is 1.37. The third-order valence-corrected chi connectivity index (χ3v) is 6.28. The van der Waals surface area contributed by atoms with Crippen LogP contribution in [-0.4, -0.2) is 58.0 Å². The largest absolute Gasteiger partial charge is 0.379 e. The van der Waals surface area contributed by atoms with Gasteiger partial charge in [-0.1, -0.05) is 0 Å². The molecule has 2 aromatic carbocycles. The number of ether oxygens (including phenoxy) is 1.